The van der Waals surface area contributed by atoms with Crippen LogP contribution in [0.5, 0.6) is 0 Å². The molecule has 5 heteroatoms. The number of carbonyl (C=O) groups is 1. The fraction of sp³-hybridized carbons (Fsp3) is 0.538. The lowest BCUT2D eigenvalue weighted by molar-refractivity contribution is 0.0946. The average Bonchev–Trinajstić information content (AvgIpc) is 2.37. The Balaban J connectivity index is 2.87. The Bertz CT molecular complexity index is 482. The number of halogens is 1. The van der Waals surface area contributed by atoms with E-state index in [0.29, 0.717) is 18.9 Å². The maximum atomic E-state index is 11.9. The highest BCUT2D eigenvalue weighted by Gasteiger charge is 2.13. The molecule has 0 aliphatic heterocycles. The summed E-state index contributed by atoms with van der Waals surface area (Å²) in [7, 11) is 0. The molecule has 0 aliphatic carbocycles. The zero-order valence-electron chi connectivity index (χ0n) is 11.0. The van der Waals surface area contributed by atoms with Crippen molar-refractivity contribution in [3.8, 4) is 0 Å². The van der Waals surface area contributed by atoms with E-state index in [1.54, 1.807) is 6.07 Å². The highest BCUT2D eigenvalue weighted by atomic mass is 79.9. The number of carbonyl (C=O) groups excluding carboxylic acids is 1. The number of pyridine rings is 1. The molecule has 1 amide bonds. The minimum absolute atomic E-state index is 0.155. The van der Waals surface area contributed by atoms with E-state index in [4.69, 9.17) is 0 Å². The minimum atomic E-state index is -0.336. The lowest BCUT2D eigenvalue weighted by Crippen LogP contribution is -2.32. The Morgan fingerprint density at radius 3 is 2.72 bits per heavy atom. The fourth-order valence-corrected chi connectivity index (χ4v) is 2.08. The molecule has 1 heterocycles. The van der Waals surface area contributed by atoms with Gasteiger partial charge in [-0.2, -0.15) is 0 Å². The van der Waals surface area contributed by atoms with Gasteiger partial charge in [-0.05, 0) is 34.3 Å². The molecule has 0 bridgehead atoms. The largest absolute Gasteiger partial charge is 0.352 e. The lowest BCUT2D eigenvalue weighted by Gasteiger charge is -2.10. The zero-order chi connectivity index (χ0) is 13.7. The molecule has 100 valence electrons. The molecule has 2 N–H and O–H groups in total. The van der Waals surface area contributed by atoms with E-state index in [-0.39, 0.29) is 17.0 Å². The second kappa shape index (κ2) is 6.73. The van der Waals surface area contributed by atoms with Gasteiger partial charge in [-0.25, -0.2) is 0 Å². The van der Waals surface area contributed by atoms with Gasteiger partial charge < -0.3 is 10.3 Å². The Kier molecular flexibility index (Phi) is 5.59. The van der Waals surface area contributed by atoms with Crippen LogP contribution in [0, 0.1) is 5.92 Å². The highest BCUT2D eigenvalue weighted by molar-refractivity contribution is 9.10. The van der Waals surface area contributed by atoms with E-state index in [9.17, 15) is 9.59 Å². The van der Waals surface area contributed by atoms with Crippen molar-refractivity contribution in [2.75, 3.05) is 6.54 Å². The Hall–Kier alpha value is -1.10. The first-order chi connectivity index (χ1) is 8.49. The molecule has 1 aromatic heterocycles. The fourth-order valence-electron chi connectivity index (χ4n) is 1.48. The second-order valence-electron chi connectivity index (χ2n) is 4.42. The number of hydrogen-bond donors (Lipinski definition) is 2. The van der Waals surface area contributed by atoms with Crippen LogP contribution in [0.3, 0.4) is 0 Å². The maximum absolute atomic E-state index is 11.9. The summed E-state index contributed by atoms with van der Waals surface area (Å²) in [5.41, 5.74) is 0.623. The van der Waals surface area contributed by atoms with E-state index in [0.717, 1.165) is 16.6 Å². The Morgan fingerprint density at radius 2 is 2.17 bits per heavy atom. The average molecular weight is 315 g/mol. The third-order valence-electron chi connectivity index (χ3n) is 2.97. The smallest absolute Gasteiger partial charge is 0.261 e. The van der Waals surface area contributed by atoms with Gasteiger partial charge in [-0.15, -0.1) is 0 Å². The summed E-state index contributed by atoms with van der Waals surface area (Å²) < 4.78 is 0.762. The standard InChI is InChI=1S/C13H19BrN2O2/c1-4-8(3)7-15-12(17)9-6-10(14)11(5-2)16-13(9)18/h6,8H,4-5,7H2,1-3H3,(H,15,17)(H,16,18)/t8-/m1/s1. The van der Waals surface area contributed by atoms with Gasteiger partial charge in [0.15, 0.2) is 0 Å². The molecule has 1 aromatic rings. The lowest BCUT2D eigenvalue weighted by atomic mass is 10.1. The summed E-state index contributed by atoms with van der Waals surface area (Å²) in [6.45, 7) is 6.65. The summed E-state index contributed by atoms with van der Waals surface area (Å²) in [5, 5.41) is 2.78. The van der Waals surface area contributed by atoms with Crippen molar-refractivity contribution in [1.29, 1.82) is 0 Å². The number of amides is 1. The van der Waals surface area contributed by atoms with Gasteiger partial charge in [-0.1, -0.05) is 27.2 Å². The number of nitrogens with one attached hydrogen (secondary N) is 2. The van der Waals surface area contributed by atoms with Crippen LogP contribution in [0.4, 0.5) is 0 Å². The van der Waals surface area contributed by atoms with Gasteiger partial charge in [0.25, 0.3) is 11.5 Å². The predicted molar refractivity (Wildman–Crippen MR) is 75.9 cm³/mol. The van der Waals surface area contributed by atoms with Gasteiger partial charge in [0.2, 0.25) is 0 Å². The van der Waals surface area contributed by atoms with Crippen molar-refractivity contribution in [2.45, 2.75) is 33.6 Å². The van der Waals surface area contributed by atoms with Crippen LogP contribution < -0.4 is 10.9 Å². The zero-order valence-corrected chi connectivity index (χ0v) is 12.6. The molecule has 0 aromatic carbocycles. The van der Waals surface area contributed by atoms with Crippen molar-refractivity contribution in [2.24, 2.45) is 5.92 Å². The molecular formula is C13H19BrN2O2. The predicted octanol–water partition coefficient (Wildman–Crippen LogP) is 2.48. The first-order valence-corrected chi connectivity index (χ1v) is 6.98. The third-order valence-corrected chi connectivity index (χ3v) is 3.68. The molecule has 0 saturated carbocycles. The normalized spacial score (nSPS) is 12.2. The number of aromatic amines is 1. The Morgan fingerprint density at radius 1 is 1.50 bits per heavy atom. The first-order valence-electron chi connectivity index (χ1n) is 6.19. The molecular weight excluding hydrogens is 296 g/mol. The molecule has 1 rings (SSSR count). The number of rotatable bonds is 5. The molecule has 0 fully saturated rings. The van der Waals surface area contributed by atoms with Crippen molar-refractivity contribution >= 4 is 21.8 Å². The van der Waals surface area contributed by atoms with Crippen LogP contribution in [0.25, 0.3) is 0 Å². The quantitative estimate of drug-likeness (QED) is 0.877. The number of aryl methyl sites for hydroxylation is 1. The second-order valence-corrected chi connectivity index (χ2v) is 5.27. The molecule has 18 heavy (non-hydrogen) atoms. The van der Waals surface area contributed by atoms with Crippen molar-refractivity contribution in [3.63, 3.8) is 0 Å². The van der Waals surface area contributed by atoms with Gasteiger partial charge in [0.05, 0.1) is 0 Å². The van der Waals surface area contributed by atoms with Crippen LogP contribution in [0.2, 0.25) is 0 Å². The molecule has 0 unspecified atom stereocenters. The molecule has 0 aliphatic rings. The van der Waals surface area contributed by atoms with Crippen LogP contribution in [0.1, 0.15) is 43.2 Å². The van der Waals surface area contributed by atoms with E-state index in [1.807, 2.05) is 6.92 Å². The summed E-state index contributed by atoms with van der Waals surface area (Å²) in [4.78, 5) is 26.4. The maximum Gasteiger partial charge on any atom is 0.261 e. The number of aromatic nitrogens is 1. The third kappa shape index (κ3) is 3.70. The summed E-state index contributed by atoms with van der Waals surface area (Å²) in [5.74, 6) is 0.0892. The summed E-state index contributed by atoms with van der Waals surface area (Å²) >= 11 is 3.35. The molecule has 1 atom stereocenters. The van der Waals surface area contributed by atoms with Crippen LogP contribution >= 0.6 is 15.9 Å². The van der Waals surface area contributed by atoms with Gasteiger partial charge in [0, 0.05) is 16.7 Å². The van der Waals surface area contributed by atoms with E-state index in [1.165, 1.54) is 0 Å². The topological polar surface area (TPSA) is 62.0 Å². The number of H-pyrrole nitrogens is 1. The van der Waals surface area contributed by atoms with Crippen LogP contribution in [-0.4, -0.2) is 17.4 Å². The SMILES string of the molecule is CCc1[nH]c(=O)c(C(=O)NC[C@H](C)CC)cc1Br. The molecule has 4 nitrogen and oxygen atoms in total. The van der Waals surface area contributed by atoms with Crippen molar-refractivity contribution in [3.05, 3.63) is 32.2 Å². The van der Waals surface area contributed by atoms with E-state index < -0.39 is 0 Å². The van der Waals surface area contributed by atoms with E-state index >= 15 is 0 Å². The highest BCUT2D eigenvalue weighted by Crippen LogP contribution is 2.14. The number of hydrogen-bond acceptors (Lipinski definition) is 2. The van der Waals surface area contributed by atoms with Crippen molar-refractivity contribution in [1.82, 2.24) is 10.3 Å². The Labute approximate surface area is 115 Å². The first kappa shape index (κ1) is 15.0. The van der Waals surface area contributed by atoms with Gasteiger partial charge in [0.1, 0.15) is 5.56 Å². The van der Waals surface area contributed by atoms with Crippen molar-refractivity contribution < 1.29 is 4.79 Å². The van der Waals surface area contributed by atoms with E-state index in [2.05, 4.69) is 40.1 Å². The minimum Gasteiger partial charge on any atom is -0.352 e. The monoisotopic (exact) mass is 314 g/mol. The van der Waals surface area contributed by atoms with Gasteiger partial charge >= 0.3 is 0 Å². The summed E-state index contributed by atoms with van der Waals surface area (Å²) in [6, 6.07) is 1.59. The van der Waals surface area contributed by atoms with Crippen LogP contribution in [-0.2, 0) is 6.42 Å². The summed E-state index contributed by atoms with van der Waals surface area (Å²) in [6.07, 6.45) is 1.71. The molecule has 0 radical (unpaired) electrons. The van der Waals surface area contributed by atoms with Crippen LogP contribution in [0.15, 0.2) is 15.3 Å². The molecule has 0 saturated heterocycles. The molecule has 0 spiro atoms. The van der Waals surface area contributed by atoms with Gasteiger partial charge in [-0.3, -0.25) is 9.59 Å².